The molecule has 0 heterocycles. The van der Waals surface area contributed by atoms with Gasteiger partial charge in [-0.05, 0) is 18.8 Å². The molecule has 0 aliphatic heterocycles. The quantitative estimate of drug-likeness (QED) is 0.613. The van der Waals surface area contributed by atoms with Crippen LogP contribution in [0.15, 0.2) is 0 Å². The van der Waals surface area contributed by atoms with E-state index in [1.165, 1.54) is 0 Å². The zero-order chi connectivity index (χ0) is 15.4. The van der Waals surface area contributed by atoms with E-state index in [4.69, 9.17) is 5.11 Å². The van der Waals surface area contributed by atoms with Crippen molar-refractivity contribution in [1.29, 1.82) is 0 Å². The van der Waals surface area contributed by atoms with Crippen LogP contribution in [0.3, 0.4) is 0 Å². The number of amides is 2. The number of rotatable bonds is 11. The highest BCUT2D eigenvalue weighted by Gasteiger charge is 2.16. The van der Waals surface area contributed by atoms with Crippen LogP contribution in [0.5, 0.6) is 0 Å². The van der Waals surface area contributed by atoms with Gasteiger partial charge in [-0.1, -0.05) is 40.0 Å². The molecule has 0 aromatic rings. The average Bonchev–Trinajstić information content (AvgIpc) is 2.42. The summed E-state index contributed by atoms with van der Waals surface area (Å²) in [5.74, 6) is -0.796. The lowest BCUT2D eigenvalue weighted by Crippen LogP contribution is -2.43. The number of carbonyl (C=O) groups is 2. The van der Waals surface area contributed by atoms with Crippen LogP contribution in [0.1, 0.15) is 59.3 Å². The van der Waals surface area contributed by atoms with Gasteiger partial charge in [0, 0.05) is 26.1 Å². The van der Waals surface area contributed by atoms with E-state index < -0.39 is 5.97 Å². The zero-order valence-corrected chi connectivity index (χ0v) is 13.2. The minimum Gasteiger partial charge on any atom is -0.481 e. The molecule has 2 amide bonds. The molecule has 0 fully saturated rings. The van der Waals surface area contributed by atoms with Gasteiger partial charge in [-0.2, -0.15) is 0 Å². The second kappa shape index (κ2) is 11.6. The number of unbranched alkanes of at least 4 members (excludes halogenated alkanes) is 2. The third-order valence-electron chi connectivity index (χ3n) is 3.43. The lowest BCUT2D eigenvalue weighted by molar-refractivity contribution is -0.138. The smallest absolute Gasteiger partial charge is 0.317 e. The van der Waals surface area contributed by atoms with E-state index >= 15 is 0 Å². The van der Waals surface area contributed by atoms with Gasteiger partial charge in [-0.15, -0.1) is 0 Å². The van der Waals surface area contributed by atoms with Crippen LogP contribution < -0.4 is 5.32 Å². The Morgan fingerprint density at radius 1 is 1.10 bits per heavy atom. The molecular weight excluding hydrogens is 256 g/mol. The van der Waals surface area contributed by atoms with Gasteiger partial charge >= 0.3 is 12.0 Å². The van der Waals surface area contributed by atoms with Gasteiger partial charge in [0.15, 0.2) is 0 Å². The standard InChI is InChI=1S/C15H30N2O3/c1-4-7-9-17(10-8-5-2)15(20)16-12-13(6-3)11-14(18)19/h13H,4-12H2,1-3H3,(H,16,20)(H,18,19). The van der Waals surface area contributed by atoms with E-state index in [9.17, 15) is 9.59 Å². The van der Waals surface area contributed by atoms with Crippen molar-refractivity contribution in [1.82, 2.24) is 10.2 Å². The van der Waals surface area contributed by atoms with Gasteiger partial charge in [0.25, 0.3) is 0 Å². The summed E-state index contributed by atoms with van der Waals surface area (Å²) in [6.45, 7) is 8.16. The zero-order valence-electron chi connectivity index (χ0n) is 13.2. The van der Waals surface area contributed by atoms with Crippen LogP contribution in [-0.4, -0.2) is 41.6 Å². The molecule has 0 radical (unpaired) electrons. The highest BCUT2D eigenvalue weighted by Crippen LogP contribution is 2.07. The van der Waals surface area contributed by atoms with Crippen molar-refractivity contribution in [3.05, 3.63) is 0 Å². The predicted octanol–water partition coefficient (Wildman–Crippen LogP) is 3.10. The van der Waals surface area contributed by atoms with E-state index in [1.807, 2.05) is 11.8 Å². The van der Waals surface area contributed by atoms with E-state index in [-0.39, 0.29) is 18.4 Å². The summed E-state index contributed by atoms with van der Waals surface area (Å²) in [6.07, 6.45) is 5.00. The van der Waals surface area contributed by atoms with Gasteiger partial charge < -0.3 is 15.3 Å². The number of urea groups is 1. The fourth-order valence-electron chi connectivity index (χ4n) is 1.96. The normalized spacial score (nSPS) is 11.9. The average molecular weight is 286 g/mol. The summed E-state index contributed by atoms with van der Waals surface area (Å²) in [7, 11) is 0. The molecule has 2 N–H and O–H groups in total. The molecule has 0 aromatic heterocycles. The van der Waals surface area contributed by atoms with Crippen molar-refractivity contribution in [2.24, 2.45) is 5.92 Å². The van der Waals surface area contributed by atoms with Crippen LogP contribution in [0.2, 0.25) is 0 Å². The van der Waals surface area contributed by atoms with Gasteiger partial charge in [0.2, 0.25) is 0 Å². The molecule has 1 unspecified atom stereocenters. The van der Waals surface area contributed by atoms with E-state index in [1.54, 1.807) is 0 Å². The fraction of sp³-hybridized carbons (Fsp3) is 0.867. The molecule has 118 valence electrons. The van der Waals surface area contributed by atoms with Gasteiger partial charge in [0.05, 0.1) is 0 Å². The first-order valence-corrected chi connectivity index (χ1v) is 7.79. The van der Waals surface area contributed by atoms with Crippen molar-refractivity contribution < 1.29 is 14.7 Å². The molecule has 5 nitrogen and oxygen atoms in total. The number of aliphatic carboxylic acids is 1. The van der Waals surface area contributed by atoms with Crippen molar-refractivity contribution in [2.75, 3.05) is 19.6 Å². The summed E-state index contributed by atoms with van der Waals surface area (Å²) >= 11 is 0. The highest BCUT2D eigenvalue weighted by atomic mass is 16.4. The van der Waals surface area contributed by atoms with E-state index in [2.05, 4.69) is 19.2 Å². The van der Waals surface area contributed by atoms with Crippen molar-refractivity contribution in [3.63, 3.8) is 0 Å². The topological polar surface area (TPSA) is 69.6 Å². The molecule has 0 aromatic carbocycles. The molecule has 0 spiro atoms. The van der Waals surface area contributed by atoms with Gasteiger partial charge in [-0.25, -0.2) is 4.79 Å². The van der Waals surface area contributed by atoms with Crippen molar-refractivity contribution in [3.8, 4) is 0 Å². The molecule has 20 heavy (non-hydrogen) atoms. The number of carboxylic acids is 1. The first kappa shape index (κ1) is 18.7. The summed E-state index contributed by atoms with van der Waals surface area (Å²) < 4.78 is 0. The number of hydrogen-bond acceptors (Lipinski definition) is 2. The summed E-state index contributed by atoms with van der Waals surface area (Å²) in [4.78, 5) is 24.7. The first-order valence-electron chi connectivity index (χ1n) is 7.79. The SMILES string of the molecule is CCCCN(CCCC)C(=O)NCC(CC)CC(=O)O. The molecule has 0 rings (SSSR count). The van der Waals surface area contributed by atoms with Crippen molar-refractivity contribution in [2.45, 2.75) is 59.3 Å². The monoisotopic (exact) mass is 286 g/mol. The first-order chi connectivity index (χ1) is 9.54. The molecular formula is C15H30N2O3. The number of hydrogen-bond donors (Lipinski definition) is 2. The minimum absolute atomic E-state index is 0.00986. The summed E-state index contributed by atoms with van der Waals surface area (Å²) in [6, 6.07) is -0.0595. The Labute approximate surface area is 122 Å². The highest BCUT2D eigenvalue weighted by molar-refractivity contribution is 5.74. The van der Waals surface area contributed by atoms with Crippen LogP contribution in [0.25, 0.3) is 0 Å². The third kappa shape index (κ3) is 8.77. The summed E-state index contributed by atoms with van der Waals surface area (Å²) in [5, 5.41) is 11.7. The third-order valence-corrected chi connectivity index (χ3v) is 3.43. The Hall–Kier alpha value is -1.26. The van der Waals surface area contributed by atoms with E-state index in [0.29, 0.717) is 6.54 Å². The van der Waals surface area contributed by atoms with Gasteiger partial charge in [0.1, 0.15) is 0 Å². The number of carbonyl (C=O) groups excluding carboxylic acids is 1. The minimum atomic E-state index is -0.806. The maximum absolute atomic E-state index is 12.1. The lowest BCUT2D eigenvalue weighted by Gasteiger charge is -2.24. The molecule has 0 aliphatic rings. The van der Waals surface area contributed by atoms with Gasteiger partial charge in [-0.3, -0.25) is 4.79 Å². The van der Waals surface area contributed by atoms with Crippen LogP contribution in [-0.2, 0) is 4.79 Å². The number of nitrogens with one attached hydrogen (secondary N) is 1. The van der Waals surface area contributed by atoms with Crippen LogP contribution >= 0.6 is 0 Å². The molecule has 1 atom stereocenters. The second-order valence-corrected chi connectivity index (χ2v) is 5.25. The molecule has 0 bridgehead atoms. The Bertz CT molecular complexity index is 274. The maximum atomic E-state index is 12.1. The van der Waals surface area contributed by atoms with Crippen LogP contribution in [0.4, 0.5) is 4.79 Å². The largest absolute Gasteiger partial charge is 0.481 e. The van der Waals surface area contributed by atoms with E-state index in [0.717, 1.165) is 45.2 Å². The van der Waals surface area contributed by atoms with Crippen LogP contribution in [0, 0.1) is 5.92 Å². The fourth-order valence-corrected chi connectivity index (χ4v) is 1.96. The number of carboxylic acid groups (broad SMARTS) is 1. The molecule has 5 heteroatoms. The lowest BCUT2D eigenvalue weighted by atomic mass is 10.0. The molecule has 0 aliphatic carbocycles. The maximum Gasteiger partial charge on any atom is 0.317 e. The Morgan fingerprint density at radius 2 is 1.65 bits per heavy atom. The Morgan fingerprint density at radius 3 is 2.05 bits per heavy atom. The van der Waals surface area contributed by atoms with Crippen molar-refractivity contribution >= 4 is 12.0 Å². The Kier molecular flexibility index (Phi) is 10.8. The predicted molar refractivity (Wildman–Crippen MR) is 80.8 cm³/mol. The second-order valence-electron chi connectivity index (χ2n) is 5.25. The number of nitrogens with zero attached hydrogens (tertiary/aromatic N) is 1. The summed E-state index contributed by atoms with van der Waals surface area (Å²) in [5.41, 5.74) is 0. The molecule has 0 saturated heterocycles. The Balaban J connectivity index is 4.23. The molecule has 0 saturated carbocycles.